The fourth-order valence-corrected chi connectivity index (χ4v) is 2.46. The number of H-pyrrole nitrogens is 1. The molecule has 0 saturated carbocycles. The van der Waals surface area contributed by atoms with Crippen molar-refractivity contribution >= 4 is 16.8 Å². The number of fused-ring (bicyclic) bond motifs is 1. The summed E-state index contributed by atoms with van der Waals surface area (Å²) < 4.78 is 5.35. The molecule has 0 saturated heterocycles. The average molecular weight is 338 g/mol. The normalized spacial score (nSPS) is 10.6. The second kappa shape index (κ2) is 7.57. The van der Waals surface area contributed by atoms with E-state index in [-0.39, 0.29) is 11.5 Å². The van der Waals surface area contributed by atoms with Crippen LogP contribution in [0.1, 0.15) is 23.1 Å². The molecule has 0 aliphatic heterocycles. The van der Waals surface area contributed by atoms with E-state index in [2.05, 4.69) is 20.3 Å². The molecule has 3 aromatic rings. The van der Waals surface area contributed by atoms with Gasteiger partial charge in [0, 0.05) is 19.2 Å². The van der Waals surface area contributed by atoms with E-state index in [4.69, 9.17) is 4.74 Å². The third-order valence-electron chi connectivity index (χ3n) is 3.61. The molecular weight excluding hydrogens is 320 g/mol. The van der Waals surface area contributed by atoms with Gasteiger partial charge in [0.05, 0.1) is 17.5 Å². The molecule has 128 valence electrons. The van der Waals surface area contributed by atoms with Crippen LogP contribution in [-0.2, 0) is 6.42 Å². The van der Waals surface area contributed by atoms with Crippen molar-refractivity contribution in [3.05, 3.63) is 64.3 Å². The first-order valence-corrected chi connectivity index (χ1v) is 8.03. The Bertz CT molecular complexity index is 952. The average Bonchev–Trinajstić information content (AvgIpc) is 2.62. The number of hydrogen-bond acceptors (Lipinski definition) is 5. The van der Waals surface area contributed by atoms with Crippen LogP contribution in [0.2, 0.25) is 0 Å². The molecule has 0 bridgehead atoms. The fraction of sp³-hybridized carbons (Fsp3) is 0.222. The zero-order valence-electron chi connectivity index (χ0n) is 13.8. The molecule has 1 amide bonds. The van der Waals surface area contributed by atoms with E-state index in [0.717, 1.165) is 0 Å². The van der Waals surface area contributed by atoms with Crippen molar-refractivity contribution in [1.29, 1.82) is 0 Å². The third-order valence-corrected chi connectivity index (χ3v) is 3.61. The number of carbonyl (C=O) groups excluding carboxylic acids is 1. The number of nitrogens with zero attached hydrogens (tertiary/aromatic N) is 2. The van der Waals surface area contributed by atoms with Crippen LogP contribution in [0, 0.1) is 0 Å². The standard InChI is InChI=1S/C18H18N4O3/c1-2-25-18-13(7-5-10-20-18)16(23)19-11-9-15-21-14-8-4-3-6-12(14)17(24)22-15/h3-8,10H,2,9,11H2,1H3,(H,19,23)(H,21,22,24). The molecule has 25 heavy (non-hydrogen) atoms. The summed E-state index contributed by atoms with van der Waals surface area (Å²) in [5.74, 6) is 0.555. The second-order valence-electron chi connectivity index (χ2n) is 5.32. The van der Waals surface area contributed by atoms with Crippen LogP contribution >= 0.6 is 0 Å². The van der Waals surface area contributed by atoms with Gasteiger partial charge in [0.25, 0.3) is 11.5 Å². The Kier molecular flexibility index (Phi) is 5.03. The molecule has 0 unspecified atom stereocenters. The zero-order chi connectivity index (χ0) is 17.6. The molecular formula is C18H18N4O3. The number of nitrogens with one attached hydrogen (secondary N) is 2. The van der Waals surface area contributed by atoms with E-state index in [1.807, 2.05) is 13.0 Å². The number of carbonyl (C=O) groups is 1. The van der Waals surface area contributed by atoms with E-state index >= 15 is 0 Å². The lowest BCUT2D eigenvalue weighted by molar-refractivity contribution is 0.0949. The van der Waals surface area contributed by atoms with Crippen LogP contribution in [0.5, 0.6) is 5.88 Å². The van der Waals surface area contributed by atoms with Crippen molar-refractivity contribution in [3.63, 3.8) is 0 Å². The molecule has 7 heteroatoms. The van der Waals surface area contributed by atoms with E-state index in [1.54, 1.807) is 36.5 Å². The number of aromatic nitrogens is 3. The van der Waals surface area contributed by atoms with Crippen molar-refractivity contribution in [2.75, 3.05) is 13.2 Å². The number of aromatic amines is 1. The fourth-order valence-electron chi connectivity index (χ4n) is 2.46. The lowest BCUT2D eigenvalue weighted by Crippen LogP contribution is -2.27. The van der Waals surface area contributed by atoms with Gasteiger partial charge < -0.3 is 15.0 Å². The molecule has 2 N–H and O–H groups in total. The number of hydrogen-bond donors (Lipinski definition) is 2. The minimum atomic E-state index is -0.278. The van der Waals surface area contributed by atoms with Crippen LogP contribution in [0.3, 0.4) is 0 Å². The number of pyridine rings is 1. The second-order valence-corrected chi connectivity index (χ2v) is 5.32. The van der Waals surface area contributed by atoms with E-state index < -0.39 is 0 Å². The monoisotopic (exact) mass is 338 g/mol. The van der Waals surface area contributed by atoms with Crippen molar-refractivity contribution in [1.82, 2.24) is 20.3 Å². The van der Waals surface area contributed by atoms with Gasteiger partial charge in [-0.15, -0.1) is 0 Å². The Labute approximate surface area is 144 Å². The summed E-state index contributed by atoms with van der Waals surface area (Å²) in [7, 11) is 0. The highest BCUT2D eigenvalue weighted by Crippen LogP contribution is 2.13. The summed E-state index contributed by atoms with van der Waals surface area (Å²) in [5, 5.41) is 3.34. The summed E-state index contributed by atoms with van der Waals surface area (Å²) in [5.41, 5.74) is 0.834. The molecule has 0 aliphatic carbocycles. The number of para-hydroxylation sites is 1. The largest absolute Gasteiger partial charge is 0.477 e. The predicted octanol–water partition coefficient (Wildman–Crippen LogP) is 1.69. The Morgan fingerprint density at radius 1 is 1.24 bits per heavy atom. The summed E-state index contributed by atoms with van der Waals surface area (Å²) in [6.07, 6.45) is 1.99. The topological polar surface area (TPSA) is 97.0 Å². The van der Waals surface area contributed by atoms with Crippen molar-refractivity contribution in [2.24, 2.45) is 0 Å². The molecule has 0 aliphatic rings. The SMILES string of the molecule is CCOc1ncccc1C(=O)NCCc1nc2ccccc2c(=O)[nH]1. The number of ether oxygens (including phenoxy) is 1. The van der Waals surface area contributed by atoms with Crippen LogP contribution < -0.4 is 15.6 Å². The van der Waals surface area contributed by atoms with Gasteiger partial charge in [-0.3, -0.25) is 9.59 Å². The van der Waals surface area contributed by atoms with Crippen molar-refractivity contribution in [2.45, 2.75) is 13.3 Å². The number of rotatable bonds is 6. The van der Waals surface area contributed by atoms with Gasteiger partial charge in [-0.25, -0.2) is 9.97 Å². The maximum atomic E-state index is 12.3. The number of amides is 1. The van der Waals surface area contributed by atoms with E-state index in [9.17, 15) is 9.59 Å². The van der Waals surface area contributed by atoms with Crippen LogP contribution in [0.15, 0.2) is 47.4 Å². The lowest BCUT2D eigenvalue weighted by atomic mass is 10.2. The Morgan fingerprint density at radius 2 is 2.08 bits per heavy atom. The van der Waals surface area contributed by atoms with Crippen LogP contribution in [0.25, 0.3) is 10.9 Å². The lowest BCUT2D eigenvalue weighted by Gasteiger charge is -2.09. The first-order chi connectivity index (χ1) is 12.2. The zero-order valence-corrected chi connectivity index (χ0v) is 13.8. The molecule has 0 atom stereocenters. The van der Waals surface area contributed by atoms with E-state index in [1.165, 1.54) is 0 Å². The van der Waals surface area contributed by atoms with Gasteiger partial charge in [-0.1, -0.05) is 12.1 Å². The first-order valence-electron chi connectivity index (χ1n) is 8.03. The third kappa shape index (κ3) is 3.82. The number of benzene rings is 1. The smallest absolute Gasteiger partial charge is 0.258 e. The maximum Gasteiger partial charge on any atom is 0.258 e. The summed E-state index contributed by atoms with van der Waals surface area (Å²) in [6, 6.07) is 10.5. The molecule has 0 spiro atoms. The van der Waals surface area contributed by atoms with Gasteiger partial charge in [-0.05, 0) is 31.2 Å². The molecule has 3 rings (SSSR count). The van der Waals surface area contributed by atoms with Crippen LogP contribution in [0.4, 0.5) is 0 Å². The van der Waals surface area contributed by atoms with E-state index in [0.29, 0.717) is 47.7 Å². The minimum Gasteiger partial charge on any atom is -0.477 e. The first kappa shape index (κ1) is 16.6. The highest BCUT2D eigenvalue weighted by atomic mass is 16.5. The molecule has 0 fully saturated rings. The highest BCUT2D eigenvalue weighted by molar-refractivity contribution is 5.96. The quantitative estimate of drug-likeness (QED) is 0.713. The maximum absolute atomic E-state index is 12.3. The van der Waals surface area contributed by atoms with Crippen molar-refractivity contribution in [3.8, 4) is 5.88 Å². The highest BCUT2D eigenvalue weighted by Gasteiger charge is 2.13. The predicted molar refractivity (Wildman–Crippen MR) is 93.8 cm³/mol. The van der Waals surface area contributed by atoms with Gasteiger partial charge in [0.15, 0.2) is 0 Å². The molecule has 2 heterocycles. The minimum absolute atomic E-state index is 0.183. The van der Waals surface area contributed by atoms with Gasteiger partial charge in [-0.2, -0.15) is 0 Å². The molecule has 0 radical (unpaired) electrons. The molecule has 7 nitrogen and oxygen atoms in total. The summed E-state index contributed by atoms with van der Waals surface area (Å²) in [4.78, 5) is 35.5. The van der Waals surface area contributed by atoms with Gasteiger partial charge >= 0.3 is 0 Å². The molecule has 2 aromatic heterocycles. The molecule has 1 aromatic carbocycles. The van der Waals surface area contributed by atoms with Crippen molar-refractivity contribution < 1.29 is 9.53 Å². The summed E-state index contributed by atoms with van der Waals surface area (Å²) >= 11 is 0. The van der Waals surface area contributed by atoms with Gasteiger partial charge in [0.1, 0.15) is 11.4 Å². The van der Waals surface area contributed by atoms with Crippen LogP contribution in [-0.4, -0.2) is 34.0 Å². The Morgan fingerprint density at radius 3 is 2.92 bits per heavy atom. The van der Waals surface area contributed by atoms with Gasteiger partial charge in [0.2, 0.25) is 5.88 Å². The Hall–Kier alpha value is -3.22. The summed E-state index contributed by atoms with van der Waals surface area (Å²) in [6.45, 7) is 2.60. The Balaban J connectivity index is 1.67.